The molecule has 27 heteroatoms. The largest absolute Gasteiger partial charge is 0.415 e. The highest BCUT2D eigenvalue weighted by Gasteiger charge is 2.28. The summed E-state index contributed by atoms with van der Waals surface area (Å²) in [5, 5.41) is 17.2. The maximum atomic E-state index is 13.4. The van der Waals surface area contributed by atoms with Crippen LogP contribution in [0.5, 0.6) is 0 Å². The van der Waals surface area contributed by atoms with E-state index in [1.165, 1.54) is 29.4 Å². The van der Waals surface area contributed by atoms with Crippen LogP contribution in [0, 0.1) is 0 Å². The first-order valence-corrected chi connectivity index (χ1v) is 27.1. The van der Waals surface area contributed by atoms with E-state index in [0.717, 1.165) is 31.7 Å². The second-order valence-electron chi connectivity index (χ2n) is 17.2. The maximum absolute atomic E-state index is 13.4. The second-order valence-corrected chi connectivity index (χ2v) is 21.3. The Morgan fingerprint density at radius 3 is 1.27 bits per heavy atom. The monoisotopic (exact) mass is 1130 g/mol. The minimum Gasteiger partial charge on any atom is -0.415 e. The van der Waals surface area contributed by atoms with Crippen LogP contribution < -0.4 is 13.9 Å². The van der Waals surface area contributed by atoms with Gasteiger partial charge in [-0.05, 0) is 59.7 Å². The van der Waals surface area contributed by atoms with Gasteiger partial charge in [-0.15, -0.1) is 32.8 Å². The zero-order valence-electron chi connectivity index (χ0n) is 42.3. The molecule has 1 N–H and O–H groups in total. The Bertz CT molecular complexity index is 3010. The molecule has 77 heavy (non-hydrogen) atoms. The summed E-state index contributed by atoms with van der Waals surface area (Å²) in [6.45, 7) is 10.8. The van der Waals surface area contributed by atoms with Gasteiger partial charge in [-0.2, -0.15) is 17.6 Å². The number of rotatable bonds is 18. The van der Waals surface area contributed by atoms with Gasteiger partial charge < -0.3 is 23.8 Å². The van der Waals surface area contributed by atoms with Crippen LogP contribution in [0.1, 0.15) is 56.5 Å². The lowest BCUT2D eigenvalue weighted by atomic mass is 10.1. The minimum absolute atomic E-state index is 0. The molecule has 4 heterocycles. The zero-order chi connectivity index (χ0) is 54.8. The second kappa shape index (κ2) is 29.1. The average Bonchev–Trinajstić information content (AvgIpc) is 4.13. The number of hydrogen-bond acceptors (Lipinski definition) is 17. The molecular formula is C50H59ClF4N10O10S2. The van der Waals surface area contributed by atoms with Gasteiger partial charge in [-0.3, -0.25) is 32.8 Å². The number of anilines is 2. The van der Waals surface area contributed by atoms with Crippen molar-refractivity contribution in [3.63, 3.8) is 0 Å². The van der Waals surface area contributed by atoms with Crippen LogP contribution in [0.25, 0.3) is 22.9 Å². The predicted octanol–water partition coefficient (Wildman–Crippen LogP) is 6.61. The summed E-state index contributed by atoms with van der Waals surface area (Å²) < 4.78 is 121. The van der Waals surface area contributed by atoms with Crippen molar-refractivity contribution >= 4 is 61.7 Å². The number of aromatic nitrogens is 4. The quantitative estimate of drug-likeness (QED) is 0.0542. The number of carbonyl (C=O) groups excluding carboxylic acids is 3. The van der Waals surface area contributed by atoms with Crippen molar-refractivity contribution in [2.45, 2.75) is 46.7 Å². The number of sulfonamides is 2. The number of carbonyl (C=O) groups is 3. The van der Waals surface area contributed by atoms with E-state index in [2.05, 4.69) is 35.3 Å². The summed E-state index contributed by atoms with van der Waals surface area (Å²) in [5.41, 5.74) is 3.50. The van der Waals surface area contributed by atoms with E-state index in [0.29, 0.717) is 67.3 Å². The molecule has 2 aromatic heterocycles. The molecule has 0 atom stereocenters. The number of piperazine rings is 2. The van der Waals surface area contributed by atoms with E-state index in [9.17, 15) is 48.8 Å². The molecule has 0 bridgehead atoms. The zero-order valence-corrected chi connectivity index (χ0v) is 44.7. The first kappa shape index (κ1) is 61.0. The molecule has 8 rings (SSSR count). The van der Waals surface area contributed by atoms with Crippen LogP contribution in [0.2, 0.25) is 0 Å². The molecule has 416 valence electrons. The van der Waals surface area contributed by atoms with Gasteiger partial charge in [0.15, 0.2) is 0 Å². The molecule has 2 fully saturated rings. The van der Waals surface area contributed by atoms with Gasteiger partial charge >= 0.3 is 24.8 Å². The van der Waals surface area contributed by atoms with Crippen molar-refractivity contribution in [1.82, 2.24) is 40.4 Å². The van der Waals surface area contributed by atoms with E-state index in [-0.39, 0.29) is 54.7 Å². The number of nitrogens with zero attached hydrogens (tertiary/aromatic N) is 9. The number of alkyl halides is 4. The van der Waals surface area contributed by atoms with E-state index < -0.39 is 56.6 Å². The maximum Gasteiger partial charge on any atom is 0.314 e. The van der Waals surface area contributed by atoms with Crippen molar-refractivity contribution in [3.8, 4) is 22.9 Å². The smallest absolute Gasteiger partial charge is 0.314 e. The molecule has 2 saturated heterocycles. The Labute approximate surface area is 449 Å². The van der Waals surface area contributed by atoms with Crippen molar-refractivity contribution in [2.75, 3.05) is 85.6 Å². The number of hydrogen-bond donors (Lipinski definition) is 1. The third-order valence-electron chi connectivity index (χ3n) is 11.7. The lowest BCUT2D eigenvalue weighted by molar-refractivity contribution is -0.156. The molecule has 4 aromatic carbocycles. The molecule has 0 aliphatic carbocycles. The summed E-state index contributed by atoms with van der Waals surface area (Å²) in [7, 11) is -7.28. The fraction of sp³-hybridized carbons (Fsp3) is 0.380. The van der Waals surface area contributed by atoms with Gasteiger partial charge in [0.2, 0.25) is 37.7 Å². The van der Waals surface area contributed by atoms with Crippen LogP contribution in [0.4, 0.5) is 28.9 Å². The summed E-state index contributed by atoms with van der Waals surface area (Å²) in [5.74, 6) is -2.69. The van der Waals surface area contributed by atoms with E-state index in [1.54, 1.807) is 102 Å². The molecule has 0 radical (unpaired) electrons. The Morgan fingerprint density at radius 1 is 0.571 bits per heavy atom. The molecule has 6 aromatic rings. The van der Waals surface area contributed by atoms with Crippen LogP contribution in [-0.4, -0.2) is 147 Å². The van der Waals surface area contributed by atoms with Crippen LogP contribution in [0.3, 0.4) is 0 Å². The van der Waals surface area contributed by atoms with E-state index in [4.69, 9.17) is 8.83 Å². The molecule has 2 aliphatic heterocycles. The van der Waals surface area contributed by atoms with Crippen molar-refractivity contribution in [1.29, 1.82) is 0 Å². The third-order valence-corrected chi connectivity index (χ3v) is 15.1. The summed E-state index contributed by atoms with van der Waals surface area (Å²) in [4.78, 5) is 37.1. The Balaban J connectivity index is 0.000000250. The number of halogens is 5. The Hall–Kier alpha value is -6.84. The fourth-order valence-electron chi connectivity index (χ4n) is 7.74. The molecule has 2 aliphatic rings. The Morgan fingerprint density at radius 2 is 0.948 bits per heavy atom. The number of benzene rings is 4. The van der Waals surface area contributed by atoms with Gasteiger partial charge in [0.05, 0.1) is 36.0 Å². The lowest BCUT2D eigenvalue weighted by Crippen LogP contribution is -2.49. The highest BCUT2D eigenvalue weighted by atomic mass is 35.5. The van der Waals surface area contributed by atoms with E-state index in [1.807, 2.05) is 17.0 Å². The molecule has 0 unspecified atom stereocenters. The van der Waals surface area contributed by atoms with Gasteiger partial charge in [0, 0.05) is 97.3 Å². The first-order valence-electron chi connectivity index (χ1n) is 23.9. The molecular weight excluding hydrogens is 1080 g/mol. The normalized spacial score (nSPS) is 14.1. The number of amides is 1. The third kappa shape index (κ3) is 18.7. The SMILES string of the molecule is CC(=O)N1CCN(CCS(=O)(=O)N(Cc2ccc(-c3nnc(C(F)F)o3)cc2)c2ccccc2)CC1.CC(=O)OC(C)=O.Cl.O=S(=O)(CCN1CCNCC1)N(Cc1ccc(-c2nnc(C(F)F)o2)cc1)c1ccccc1. The molecule has 20 nitrogen and oxygen atoms in total. The molecule has 1 amide bonds. The highest BCUT2D eigenvalue weighted by Crippen LogP contribution is 2.28. The topological polar surface area (TPSA) is 235 Å². The van der Waals surface area contributed by atoms with Crippen molar-refractivity contribution in [2.24, 2.45) is 0 Å². The number of nitrogens with one attached hydrogen (secondary N) is 1. The first-order chi connectivity index (χ1) is 36.3. The molecule has 0 spiro atoms. The fourth-order valence-corrected chi connectivity index (χ4v) is 10.7. The summed E-state index contributed by atoms with van der Waals surface area (Å²) in [6.07, 6.45) is -5.69. The van der Waals surface area contributed by atoms with Crippen LogP contribution in [-0.2, 0) is 52.3 Å². The van der Waals surface area contributed by atoms with Crippen LogP contribution in [0.15, 0.2) is 118 Å². The van der Waals surface area contributed by atoms with Gasteiger partial charge in [0.25, 0.3) is 11.8 Å². The summed E-state index contributed by atoms with van der Waals surface area (Å²) in [6, 6.07) is 31.2. The summed E-state index contributed by atoms with van der Waals surface area (Å²) >= 11 is 0. The van der Waals surface area contributed by atoms with Crippen molar-refractivity contribution < 1.29 is 62.4 Å². The number of esters is 2. The predicted molar refractivity (Wildman–Crippen MR) is 280 cm³/mol. The Kier molecular flexibility index (Phi) is 23.0. The van der Waals surface area contributed by atoms with Crippen molar-refractivity contribution in [3.05, 3.63) is 132 Å². The average molecular weight is 1140 g/mol. The minimum atomic E-state index is -3.68. The lowest BCUT2D eigenvalue weighted by Gasteiger charge is -2.34. The van der Waals surface area contributed by atoms with Gasteiger partial charge in [-0.25, -0.2) is 16.8 Å². The number of para-hydroxylation sites is 2. The van der Waals surface area contributed by atoms with Gasteiger partial charge in [-0.1, -0.05) is 60.7 Å². The van der Waals surface area contributed by atoms with Gasteiger partial charge in [0.1, 0.15) is 0 Å². The highest BCUT2D eigenvalue weighted by molar-refractivity contribution is 7.93. The van der Waals surface area contributed by atoms with E-state index >= 15 is 0 Å². The molecule has 0 saturated carbocycles. The van der Waals surface area contributed by atoms with Crippen LogP contribution >= 0.6 is 12.4 Å². The standard InChI is InChI=1S/C24H27F2N5O4S.C22H25F2N5O3S.C4H6O3.ClH/c1-18(32)30-13-11-29(12-14-30)15-16-36(33,34)31(21-5-3-2-4-6-21)17-19-7-9-20(10-8-19)23-27-28-24(35-23)22(25)26;23-20(24)22-27-26-21(32-22)18-8-6-17(7-9-18)16-29(19-4-2-1-3-5-19)33(30,31)15-14-28-12-10-25-11-13-28;1-3(5)7-4(2)6;/h2-10,22H,11-17H2,1H3;1-9,20,25H,10-16H2;1-2H3;1H. The number of ether oxygens (including phenoxy) is 1.